The molecule has 0 saturated carbocycles. The van der Waals surface area contributed by atoms with Gasteiger partial charge in [0.15, 0.2) is 0 Å². The Morgan fingerprint density at radius 1 is 1.24 bits per heavy atom. The number of nitrogens with one attached hydrogen (secondary N) is 1. The Kier molecular flexibility index (Phi) is 19.0. The number of likely N-dealkylation sites (N-methyl/N-ethyl adjacent to an activating group) is 1. The van der Waals surface area contributed by atoms with Gasteiger partial charge in [0.2, 0.25) is 5.91 Å². The largest absolute Gasteiger partial charge is 0.378 e. The molecule has 4 nitrogen and oxygen atoms in total. The summed E-state index contributed by atoms with van der Waals surface area (Å²) in [5.41, 5.74) is 0.248. The highest BCUT2D eigenvalue weighted by atomic mass is 16.5. The van der Waals surface area contributed by atoms with Gasteiger partial charge in [0, 0.05) is 25.6 Å². The number of carbonyl (C=O) groups is 1. The van der Waals surface area contributed by atoms with Gasteiger partial charge in [-0.1, -0.05) is 41.5 Å². The lowest BCUT2D eigenvalue weighted by Crippen LogP contribution is -2.50. The lowest BCUT2D eigenvalue weighted by Gasteiger charge is -2.39. The van der Waals surface area contributed by atoms with Crippen molar-refractivity contribution in [2.45, 2.75) is 67.9 Å². The van der Waals surface area contributed by atoms with E-state index in [1.54, 1.807) is 0 Å². The maximum atomic E-state index is 10.2. The zero-order valence-electron chi connectivity index (χ0n) is 16.2. The second-order valence-corrected chi connectivity index (χ2v) is 5.62. The predicted octanol–water partition coefficient (Wildman–Crippen LogP) is 3.56. The van der Waals surface area contributed by atoms with Gasteiger partial charge in [0.1, 0.15) is 0 Å². The molecule has 21 heavy (non-hydrogen) atoms. The first-order valence-electron chi connectivity index (χ1n) is 8.29. The van der Waals surface area contributed by atoms with Gasteiger partial charge in [0.05, 0.1) is 13.2 Å². The van der Waals surface area contributed by atoms with Crippen molar-refractivity contribution in [1.29, 1.82) is 0 Å². The quantitative estimate of drug-likeness (QED) is 0.848. The van der Waals surface area contributed by atoms with Crippen LogP contribution >= 0.6 is 0 Å². The molecule has 0 aromatic heterocycles. The van der Waals surface area contributed by atoms with E-state index >= 15 is 0 Å². The standard InChI is InChI=1S/C7H15NO.C6H13NO.2C2H6/c1-7(2)6-9-5-4-8(7)3;1-5(2)4-7-6(3)8;2*1-2/h4-6H2,1-3H3;5H,4H2,1-3H3,(H,7,8);2*1-2H3. The van der Waals surface area contributed by atoms with Crippen molar-refractivity contribution in [2.75, 3.05) is 33.4 Å². The highest BCUT2D eigenvalue weighted by Gasteiger charge is 2.26. The number of rotatable bonds is 2. The number of hydrogen-bond acceptors (Lipinski definition) is 3. The molecule has 0 spiro atoms. The molecular formula is C17H40N2O2. The van der Waals surface area contributed by atoms with Crippen LogP contribution in [0.2, 0.25) is 0 Å². The third-order valence-corrected chi connectivity index (χ3v) is 2.82. The molecular weight excluding hydrogens is 264 g/mol. The summed E-state index contributed by atoms with van der Waals surface area (Å²) in [4.78, 5) is 12.6. The molecule has 0 bridgehead atoms. The molecule has 1 fully saturated rings. The van der Waals surface area contributed by atoms with Crippen molar-refractivity contribution in [3.05, 3.63) is 0 Å². The van der Waals surface area contributed by atoms with Gasteiger partial charge >= 0.3 is 0 Å². The molecule has 0 unspecified atom stereocenters. The fraction of sp³-hybridized carbons (Fsp3) is 0.941. The summed E-state index contributed by atoms with van der Waals surface area (Å²) >= 11 is 0. The summed E-state index contributed by atoms with van der Waals surface area (Å²) in [7, 11) is 2.14. The minimum absolute atomic E-state index is 0.0544. The van der Waals surface area contributed by atoms with Gasteiger partial charge < -0.3 is 10.1 Å². The predicted molar refractivity (Wildman–Crippen MR) is 93.7 cm³/mol. The van der Waals surface area contributed by atoms with E-state index in [1.807, 2.05) is 27.7 Å². The fourth-order valence-corrected chi connectivity index (χ4v) is 1.28. The SMILES string of the molecule is CC.CC.CC(=O)NCC(C)C.CN1CCOCC1(C)C. The Labute approximate surface area is 133 Å². The molecule has 0 aliphatic carbocycles. The van der Waals surface area contributed by atoms with Crippen LogP contribution in [0.3, 0.4) is 0 Å². The van der Waals surface area contributed by atoms with Crippen LogP contribution in [0.15, 0.2) is 0 Å². The number of carbonyl (C=O) groups excluding carboxylic acids is 1. The Bertz CT molecular complexity index is 229. The molecule has 0 radical (unpaired) electrons. The van der Waals surface area contributed by atoms with Crippen LogP contribution in [0.5, 0.6) is 0 Å². The first-order chi connectivity index (χ1) is 9.75. The Morgan fingerprint density at radius 3 is 1.90 bits per heavy atom. The first-order valence-corrected chi connectivity index (χ1v) is 8.29. The number of ether oxygens (including phenoxy) is 1. The zero-order valence-corrected chi connectivity index (χ0v) is 16.2. The van der Waals surface area contributed by atoms with E-state index < -0.39 is 0 Å². The normalized spacial score (nSPS) is 16.3. The Balaban J connectivity index is -0.000000251. The molecule has 1 N–H and O–H groups in total. The lowest BCUT2D eigenvalue weighted by atomic mass is 10.0. The van der Waals surface area contributed by atoms with E-state index in [0.29, 0.717) is 5.92 Å². The zero-order chi connectivity index (χ0) is 17.5. The molecule has 1 aliphatic rings. The third-order valence-electron chi connectivity index (χ3n) is 2.82. The van der Waals surface area contributed by atoms with Crippen molar-refractivity contribution in [1.82, 2.24) is 10.2 Å². The molecule has 1 saturated heterocycles. The van der Waals surface area contributed by atoms with Gasteiger partial charge in [-0.3, -0.25) is 9.69 Å². The van der Waals surface area contributed by atoms with Gasteiger partial charge in [-0.2, -0.15) is 0 Å². The molecule has 0 aromatic carbocycles. The fourth-order valence-electron chi connectivity index (χ4n) is 1.28. The number of hydrogen-bond donors (Lipinski definition) is 1. The van der Waals surface area contributed by atoms with Gasteiger partial charge in [-0.05, 0) is 26.8 Å². The lowest BCUT2D eigenvalue weighted by molar-refractivity contribution is -0.119. The summed E-state index contributed by atoms with van der Waals surface area (Å²) < 4.78 is 5.31. The van der Waals surface area contributed by atoms with E-state index in [2.05, 4.69) is 45.0 Å². The second-order valence-electron chi connectivity index (χ2n) is 5.62. The maximum absolute atomic E-state index is 10.2. The van der Waals surface area contributed by atoms with E-state index in [1.165, 1.54) is 6.92 Å². The van der Waals surface area contributed by atoms with E-state index in [4.69, 9.17) is 4.74 Å². The minimum Gasteiger partial charge on any atom is -0.378 e. The Morgan fingerprint density at radius 2 is 1.71 bits per heavy atom. The van der Waals surface area contributed by atoms with Crippen LogP contribution in [0.1, 0.15) is 62.3 Å². The molecule has 1 amide bonds. The maximum Gasteiger partial charge on any atom is 0.216 e. The van der Waals surface area contributed by atoms with Crippen molar-refractivity contribution < 1.29 is 9.53 Å². The number of nitrogens with zero attached hydrogens (tertiary/aromatic N) is 1. The number of amides is 1. The van der Waals surface area contributed by atoms with Crippen LogP contribution in [0.25, 0.3) is 0 Å². The summed E-state index contributed by atoms with van der Waals surface area (Å²) in [6, 6.07) is 0. The van der Waals surface area contributed by atoms with Crippen molar-refractivity contribution in [2.24, 2.45) is 5.92 Å². The molecule has 130 valence electrons. The molecule has 1 heterocycles. The van der Waals surface area contributed by atoms with Crippen LogP contribution in [-0.2, 0) is 9.53 Å². The molecule has 1 rings (SSSR count). The molecule has 4 heteroatoms. The van der Waals surface area contributed by atoms with Gasteiger partial charge in [0.25, 0.3) is 0 Å². The second kappa shape index (κ2) is 15.8. The number of morpholine rings is 1. The summed E-state index contributed by atoms with van der Waals surface area (Å²) in [5.74, 6) is 0.609. The van der Waals surface area contributed by atoms with E-state index in [0.717, 1.165) is 26.3 Å². The Hall–Kier alpha value is -0.610. The van der Waals surface area contributed by atoms with Crippen LogP contribution in [0, 0.1) is 5.92 Å². The molecule has 0 aromatic rings. The minimum atomic E-state index is 0.0544. The highest BCUT2D eigenvalue weighted by molar-refractivity contribution is 5.72. The third kappa shape index (κ3) is 17.3. The monoisotopic (exact) mass is 304 g/mol. The van der Waals surface area contributed by atoms with Crippen molar-refractivity contribution in [3.8, 4) is 0 Å². The smallest absolute Gasteiger partial charge is 0.216 e. The average Bonchev–Trinajstić information content (AvgIpc) is 2.45. The molecule has 0 atom stereocenters. The van der Waals surface area contributed by atoms with Crippen LogP contribution in [0.4, 0.5) is 0 Å². The van der Waals surface area contributed by atoms with Gasteiger partial charge in [-0.25, -0.2) is 0 Å². The molecule has 1 aliphatic heterocycles. The summed E-state index contributed by atoms with van der Waals surface area (Å²) in [6.07, 6.45) is 0. The van der Waals surface area contributed by atoms with Crippen LogP contribution in [-0.4, -0.2) is 49.7 Å². The summed E-state index contributed by atoms with van der Waals surface area (Å²) in [5, 5.41) is 2.71. The first kappa shape index (κ1) is 25.3. The van der Waals surface area contributed by atoms with Crippen LogP contribution < -0.4 is 5.32 Å². The van der Waals surface area contributed by atoms with Gasteiger partial charge in [-0.15, -0.1) is 0 Å². The topological polar surface area (TPSA) is 41.6 Å². The van der Waals surface area contributed by atoms with Crippen molar-refractivity contribution >= 4 is 5.91 Å². The van der Waals surface area contributed by atoms with E-state index in [9.17, 15) is 4.79 Å². The highest BCUT2D eigenvalue weighted by Crippen LogP contribution is 2.15. The van der Waals surface area contributed by atoms with Crippen molar-refractivity contribution in [3.63, 3.8) is 0 Å². The summed E-state index contributed by atoms with van der Waals surface area (Å²) in [6.45, 7) is 21.7. The van der Waals surface area contributed by atoms with E-state index in [-0.39, 0.29) is 11.4 Å². The average molecular weight is 305 g/mol.